The molecule has 1 aromatic carbocycles. The number of hydrogen-bond donors (Lipinski definition) is 1. The SMILES string of the molecule is CC(=O)c1ccc(Cn2ccc(NC(=O)/C=C/c3ccc(C)cc3)n2)o1. The van der Waals surface area contributed by atoms with Gasteiger partial charge in [0.1, 0.15) is 5.76 Å². The van der Waals surface area contributed by atoms with Crippen molar-refractivity contribution in [3.63, 3.8) is 0 Å². The van der Waals surface area contributed by atoms with Crippen LogP contribution in [0.3, 0.4) is 0 Å². The molecular weight excluding hydrogens is 330 g/mol. The number of nitrogens with one attached hydrogen (secondary N) is 1. The molecule has 6 nitrogen and oxygen atoms in total. The van der Waals surface area contributed by atoms with Gasteiger partial charge in [-0.3, -0.25) is 14.3 Å². The highest BCUT2D eigenvalue weighted by atomic mass is 16.3. The highest BCUT2D eigenvalue weighted by molar-refractivity contribution is 6.01. The van der Waals surface area contributed by atoms with Crippen LogP contribution in [0.2, 0.25) is 0 Å². The van der Waals surface area contributed by atoms with Crippen molar-refractivity contribution in [3.05, 3.63) is 77.4 Å². The van der Waals surface area contributed by atoms with E-state index < -0.39 is 0 Å². The monoisotopic (exact) mass is 349 g/mol. The number of ketones is 1. The second-order valence-corrected chi connectivity index (χ2v) is 5.95. The van der Waals surface area contributed by atoms with Crippen molar-refractivity contribution in [2.75, 3.05) is 5.32 Å². The van der Waals surface area contributed by atoms with E-state index in [0.29, 0.717) is 23.9 Å². The molecule has 0 aliphatic heterocycles. The maximum absolute atomic E-state index is 12.0. The number of anilines is 1. The van der Waals surface area contributed by atoms with Crippen molar-refractivity contribution < 1.29 is 14.0 Å². The molecule has 1 amide bonds. The smallest absolute Gasteiger partial charge is 0.249 e. The van der Waals surface area contributed by atoms with Gasteiger partial charge in [-0.25, -0.2) is 0 Å². The molecule has 0 saturated carbocycles. The third kappa shape index (κ3) is 4.57. The lowest BCUT2D eigenvalue weighted by Gasteiger charge is -1.99. The van der Waals surface area contributed by atoms with Gasteiger partial charge in [0.05, 0.1) is 6.54 Å². The van der Waals surface area contributed by atoms with E-state index in [1.54, 1.807) is 35.2 Å². The zero-order chi connectivity index (χ0) is 18.5. The van der Waals surface area contributed by atoms with Gasteiger partial charge in [-0.1, -0.05) is 29.8 Å². The minimum Gasteiger partial charge on any atom is -0.456 e. The van der Waals surface area contributed by atoms with Crippen molar-refractivity contribution >= 4 is 23.6 Å². The third-order valence-corrected chi connectivity index (χ3v) is 3.72. The summed E-state index contributed by atoms with van der Waals surface area (Å²) in [5.41, 5.74) is 2.12. The molecule has 0 unspecified atom stereocenters. The largest absolute Gasteiger partial charge is 0.456 e. The Hall–Kier alpha value is -3.41. The molecule has 2 aromatic heterocycles. The van der Waals surface area contributed by atoms with E-state index in [4.69, 9.17) is 4.42 Å². The molecule has 0 atom stereocenters. The van der Waals surface area contributed by atoms with E-state index in [1.165, 1.54) is 18.6 Å². The van der Waals surface area contributed by atoms with Crippen LogP contribution >= 0.6 is 0 Å². The maximum Gasteiger partial charge on any atom is 0.249 e. The third-order valence-electron chi connectivity index (χ3n) is 3.72. The number of aryl methyl sites for hydroxylation is 1. The highest BCUT2D eigenvalue weighted by Gasteiger charge is 2.08. The Morgan fingerprint density at radius 2 is 1.92 bits per heavy atom. The zero-order valence-electron chi connectivity index (χ0n) is 14.6. The minimum atomic E-state index is -0.257. The van der Waals surface area contributed by atoms with Crippen molar-refractivity contribution in [2.24, 2.45) is 0 Å². The fourth-order valence-corrected chi connectivity index (χ4v) is 2.35. The fraction of sp³-hybridized carbons (Fsp3) is 0.150. The van der Waals surface area contributed by atoms with Gasteiger partial charge >= 0.3 is 0 Å². The van der Waals surface area contributed by atoms with Crippen molar-refractivity contribution in [1.29, 1.82) is 0 Å². The first-order valence-corrected chi connectivity index (χ1v) is 8.18. The van der Waals surface area contributed by atoms with Crippen LogP contribution in [0.5, 0.6) is 0 Å². The Labute approximate surface area is 151 Å². The number of Topliss-reactive ketones (excluding diaryl/α,β-unsaturated/α-hetero) is 1. The fourth-order valence-electron chi connectivity index (χ4n) is 2.35. The average Bonchev–Trinajstić information content (AvgIpc) is 3.24. The molecule has 0 fully saturated rings. The summed E-state index contributed by atoms with van der Waals surface area (Å²) in [6, 6.07) is 13.0. The van der Waals surface area contributed by atoms with Crippen LogP contribution < -0.4 is 5.32 Å². The quantitative estimate of drug-likeness (QED) is 0.544. The molecule has 0 radical (unpaired) electrons. The Bertz CT molecular complexity index is 949. The van der Waals surface area contributed by atoms with E-state index in [2.05, 4.69) is 10.4 Å². The second-order valence-electron chi connectivity index (χ2n) is 5.95. The van der Waals surface area contributed by atoms with Gasteiger partial charge in [-0.15, -0.1) is 0 Å². The van der Waals surface area contributed by atoms with Crippen LogP contribution in [0.15, 0.2) is 59.2 Å². The number of nitrogens with zero attached hydrogens (tertiary/aromatic N) is 2. The average molecular weight is 349 g/mol. The summed E-state index contributed by atoms with van der Waals surface area (Å²) in [5.74, 6) is 1.01. The molecule has 26 heavy (non-hydrogen) atoms. The van der Waals surface area contributed by atoms with Gasteiger partial charge in [-0.2, -0.15) is 5.10 Å². The number of furan rings is 1. The lowest BCUT2D eigenvalue weighted by molar-refractivity contribution is -0.111. The number of benzene rings is 1. The predicted molar refractivity (Wildman–Crippen MR) is 98.9 cm³/mol. The summed E-state index contributed by atoms with van der Waals surface area (Å²) >= 11 is 0. The lowest BCUT2D eigenvalue weighted by atomic mass is 10.1. The van der Waals surface area contributed by atoms with Gasteiger partial charge in [0.25, 0.3) is 0 Å². The van der Waals surface area contributed by atoms with E-state index in [-0.39, 0.29) is 11.7 Å². The Morgan fingerprint density at radius 3 is 2.62 bits per heavy atom. The summed E-state index contributed by atoms with van der Waals surface area (Å²) in [6.45, 7) is 3.84. The van der Waals surface area contributed by atoms with Crippen molar-refractivity contribution in [2.45, 2.75) is 20.4 Å². The number of carbonyl (C=O) groups is 2. The molecule has 3 rings (SSSR count). The van der Waals surface area contributed by atoms with Crippen LogP contribution in [-0.4, -0.2) is 21.5 Å². The molecule has 2 heterocycles. The number of rotatable bonds is 6. The Morgan fingerprint density at radius 1 is 1.15 bits per heavy atom. The van der Waals surface area contributed by atoms with Gasteiger partial charge in [-0.05, 0) is 30.7 Å². The van der Waals surface area contributed by atoms with Gasteiger partial charge in [0.15, 0.2) is 17.4 Å². The molecule has 1 N–H and O–H groups in total. The van der Waals surface area contributed by atoms with Crippen LogP contribution in [0.4, 0.5) is 5.82 Å². The molecule has 0 spiro atoms. The number of amides is 1. The molecule has 132 valence electrons. The zero-order valence-corrected chi connectivity index (χ0v) is 14.6. The standard InChI is InChI=1S/C20H19N3O3/c1-14-3-5-16(6-4-14)7-10-20(25)21-19-11-12-23(22-19)13-17-8-9-18(26-17)15(2)24/h3-12H,13H2,1-2H3,(H,21,22,25)/b10-7+. The van der Waals surface area contributed by atoms with E-state index in [1.807, 2.05) is 31.2 Å². The van der Waals surface area contributed by atoms with Crippen LogP contribution in [-0.2, 0) is 11.3 Å². The van der Waals surface area contributed by atoms with Gasteiger partial charge < -0.3 is 9.73 Å². The maximum atomic E-state index is 12.0. The topological polar surface area (TPSA) is 77.1 Å². The number of hydrogen-bond acceptors (Lipinski definition) is 4. The first kappa shape index (κ1) is 17.4. The van der Waals surface area contributed by atoms with Gasteiger partial charge in [0.2, 0.25) is 5.91 Å². The van der Waals surface area contributed by atoms with E-state index >= 15 is 0 Å². The first-order chi connectivity index (χ1) is 12.5. The molecular formula is C20H19N3O3. The summed E-state index contributed by atoms with van der Waals surface area (Å²) in [7, 11) is 0. The second kappa shape index (κ2) is 7.65. The Kier molecular flexibility index (Phi) is 5.12. The van der Waals surface area contributed by atoms with E-state index in [0.717, 1.165) is 5.56 Å². The number of carbonyl (C=O) groups excluding carboxylic acids is 2. The Balaban J connectivity index is 1.57. The summed E-state index contributed by atoms with van der Waals surface area (Å²) < 4.78 is 7.05. The lowest BCUT2D eigenvalue weighted by Crippen LogP contribution is -2.09. The molecule has 3 aromatic rings. The van der Waals surface area contributed by atoms with Crippen molar-refractivity contribution in [1.82, 2.24) is 9.78 Å². The van der Waals surface area contributed by atoms with E-state index in [9.17, 15) is 9.59 Å². The van der Waals surface area contributed by atoms with Crippen LogP contribution in [0, 0.1) is 6.92 Å². The highest BCUT2D eigenvalue weighted by Crippen LogP contribution is 2.11. The summed E-state index contributed by atoms with van der Waals surface area (Å²) in [5, 5.41) is 6.98. The molecule has 0 bridgehead atoms. The van der Waals surface area contributed by atoms with Crippen molar-refractivity contribution in [3.8, 4) is 0 Å². The normalized spacial score (nSPS) is 11.0. The number of aromatic nitrogens is 2. The molecule has 6 heteroatoms. The van der Waals surface area contributed by atoms with Crippen LogP contribution in [0.1, 0.15) is 34.4 Å². The summed E-state index contributed by atoms with van der Waals surface area (Å²) in [6.07, 6.45) is 4.95. The molecule has 0 aliphatic carbocycles. The summed E-state index contributed by atoms with van der Waals surface area (Å²) in [4.78, 5) is 23.2. The molecule has 0 aliphatic rings. The minimum absolute atomic E-state index is 0.120. The van der Waals surface area contributed by atoms with Crippen LogP contribution in [0.25, 0.3) is 6.08 Å². The first-order valence-electron chi connectivity index (χ1n) is 8.18. The molecule has 0 saturated heterocycles. The predicted octanol–water partition coefficient (Wildman–Crippen LogP) is 3.69. The van der Waals surface area contributed by atoms with Gasteiger partial charge in [0, 0.05) is 25.3 Å².